The standard InChI is InChI=1S/C21H28N4O3S/c26-29(27,25-11-13-28-14-12-25)20-7-8-21(23-16-20)22-15-18-3-5-19(6-4-18)17-24-9-1-2-10-24/h3-8,16H,1-2,9-15,17H2,(H,22,23). The summed E-state index contributed by atoms with van der Waals surface area (Å²) in [6, 6.07) is 12.0. The highest BCUT2D eigenvalue weighted by atomic mass is 32.2. The maximum Gasteiger partial charge on any atom is 0.244 e. The third kappa shape index (κ3) is 5.14. The second-order valence-electron chi connectivity index (χ2n) is 7.55. The Bertz CT molecular complexity index is 889. The Labute approximate surface area is 172 Å². The van der Waals surface area contributed by atoms with E-state index in [2.05, 4.69) is 39.5 Å². The van der Waals surface area contributed by atoms with Crippen molar-refractivity contribution < 1.29 is 13.2 Å². The number of pyridine rings is 1. The van der Waals surface area contributed by atoms with E-state index in [9.17, 15) is 8.42 Å². The molecule has 0 radical (unpaired) electrons. The van der Waals surface area contributed by atoms with Crippen LogP contribution in [0.4, 0.5) is 5.82 Å². The lowest BCUT2D eigenvalue weighted by Gasteiger charge is -2.25. The van der Waals surface area contributed by atoms with Gasteiger partial charge in [0, 0.05) is 32.4 Å². The first-order valence-corrected chi connectivity index (χ1v) is 11.6. The highest BCUT2D eigenvalue weighted by Gasteiger charge is 2.26. The number of nitrogens with one attached hydrogen (secondary N) is 1. The van der Waals surface area contributed by atoms with E-state index in [1.165, 1.54) is 47.6 Å². The number of rotatable bonds is 7. The van der Waals surface area contributed by atoms with E-state index in [1.807, 2.05) is 0 Å². The number of morpholine rings is 1. The van der Waals surface area contributed by atoms with Crippen LogP contribution in [0.2, 0.25) is 0 Å². The lowest BCUT2D eigenvalue weighted by Crippen LogP contribution is -2.40. The Morgan fingerprint density at radius 1 is 0.931 bits per heavy atom. The highest BCUT2D eigenvalue weighted by molar-refractivity contribution is 7.89. The number of aromatic nitrogens is 1. The Morgan fingerprint density at radius 2 is 1.62 bits per heavy atom. The second kappa shape index (κ2) is 9.21. The number of anilines is 1. The molecule has 2 saturated heterocycles. The normalized spacial score (nSPS) is 18.8. The molecule has 0 bridgehead atoms. The van der Waals surface area contributed by atoms with Crippen molar-refractivity contribution in [1.29, 1.82) is 0 Å². The van der Waals surface area contributed by atoms with E-state index in [1.54, 1.807) is 12.1 Å². The number of hydrogen-bond acceptors (Lipinski definition) is 6. The molecule has 1 N–H and O–H groups in total. The van der Waals surface area contributed by atoms with E-state index >= 15 is 0 Å². The summed E-state index contributed by atoms with van der Waals surface area (Å²) >= 11 is 0. The van der Waals surface area contributed by atoms with Crippen molar-refractivity contribution in [2.24, 2.45) is 0 Å². The smallest absolute Gasteiger partial charge is 0.244 e. The topological polar surface area (TPSA) is 74.8 Å². The van der Waals surface area contributed by atoms with E-state index in [4.69, 9.17) is 4.74 Å². The predicted molar refractivity (Wildman–Crippen MR) is 112 cm³/mol. The molecule has 0 spiro atoms. The largest absolute Gasteiger partial charge is 0.379 e. The Balaban J connectivity index is 1.32. The molecule has 0 amide bonds. The van der Waals surface area contributed by atoms with Gasteiger partial charge in [-0.25, -0.2) is 13.4 Å². The van der Waals surface area contributed by atoms with Crippen LogP contribution in [0.15, 0.2) is 47.5 Å². The lowest BCUT2D eigenvalue weighted by atomic mass is 10.1. The number of benzene rings is 1. The van der Waals surface area contributed by atoms with Crippen LogP contribution in [0.1, 0.15) is 24.0 Å². The van der Waals surface area contributed by atoms with Gasteiger partial charge in [0.2, 0.25) is 10.0 Å². The van der Waals surface area contributed by atoms with Gasteiger partial charge in [-0.3, -0.25) is 4.90 Å². The molecular weight excluding hydrogens is 388 g/mol. The fraction of sp³-hybridized carbons (Fsp3) is 0.476. The molecule has 2 aliphatic heterocycles. The Morgan fingerprint density at radius 3 is 2.28 bits per heavy atom. The summed E-state index contributed by atoms with van der Waals surface area (Å²) in [4.78, 5) is 6.99. The van der Waals surface area contributed by atoms with Crippen molar-refractivity contribution in [2.75, 3.05) is 44.7 Å². The molecule has 2 aromatic rings. The van der Waals surface area contributed by atoms with E-state index in [-0.39, 0.29) is 4.90 Å². The van der Waals surface area contributed by atoms with E-state index in [0.717, 1.165) is 6.54 Å². The molecule has 0 unspecified atom stereocenters. The molecular formula is C21H28N4O3S. The average Bonchev–Trinajstić information content (AvgIpc) is 3.27. The quantitative estimate of drug-likeness (QED) is 0.747. The molecule has 156 valence electrons. The maximum atomic E-state index is 12.6. The minimum absolute atomic E-state index is 0.219. The minimum Gasteiger partial charge on any atom is -0.379 e. The average molecular weight is 417 g/mol. The van der Waals surface area contributed by atoms with Gasteiger partial charge in [-0.05, 0) is 49.2 Å². The molecule has 1 aromatic carbocycles. The molecule has 0 saturated carbocycles. The zero-order chi connectivity index (χ0) is 20.1. The molecule has 7 nitrogen and oxygen atoms in total. The van der Waals surface area contributed by atoms with Crippen LogP contribution in [-0.2, 0) is 27.8 Å². The first-order chi connectivity index (χ1) is 14.1. The van der Waals surface area contributed by atoms with Gasteiger partial charge in [0.25, 0.3) is 0 Å². The fourth-order valence-electron chi connectivity index (χ4n) is 3.73. The zero-order valence-corrected chi connectivity index (χ0v) is 17.4. The SMILES string of the molecule is O=S(=O)(c1ccc(NCc2ccc(CN3CCCC3)cc2)nc1)N1CCOCC1. The van der Waals surface area contributed by atoms with Crippen molar-refractivity contribution in [1.82, 2.24) is 14.2 Å². The summed E-state index contributed by atoms with van der Waals surface area (Å²) in [6.45, 7) is 5.71. The summed E-state index contributed by atoms with van der Waals surface area (Å²) < 4.78 is 32.0. The molecule has 0 atom stereocenters. The van der Waals surface area contributed by atoms with Crippen LogP contribution in [0.25, 0.3) is 0 Å². The van der Waals surface area contributed by atoms with Gasteiger partial charge in [0.15, 0.2) is 0 Å². The number of ether oxygens (including phenoxy) is 1. The van der Waals surface area contributed by atoms with Crippen LogP contribution in [0, 0.1) is 0 Å². The molecule has 3 heterocycles. The Hall–Kier alpha value is -2.00. The minimum atomic E-state index is -3.50. The molecule has 8 heteroatoms. The molecule has 29 heavy (non-hydrogen) atoms. The number of likely N-dealkylation sites (tertiary alicyclic amines) is 1. The van der Waals surface area contributed by atoms with Gasteiger partial charge in [0.1, 0.15) is 10.7 Å². The molecule has 0 aliphatic carbocycles. The van der Waals surface area contributed by atoms with Crippen molar-refractivity contribution in [3.63, 3.8) is 0 Å². The van der Waals surface area contributed by atoms with Gasteiger partial charge < -0.3 is 10.1 Å². The molecule has 1 aromatic heterocycles. The van der Waals surface area contributed by atoms with Gasteiger partial charge in [-0.15, -0.1) is 0 Å². The first-order valence-electron chi connectivity index (χ1n) is 10.2. The highest BCUT2D eigenvalue weighted by Crippen LogP contribution is 2.18. The van der Waals surface area contributed by atoms with Gasteiger partial charge in [-0.2, -0.15) is 4.31 Å². The molecule has 2 fully saturated rings. The van der Waals surface area contributed by atoms with Crippen molar-refractivity contribution in [3.05, 3.63) is 53.7 Å². The molecule has 2 aliphatic rings. The van der Waals surface area contributed by atoms with E-state index in [0.29, 0.717) is 38.7 Å². The van der Waals surface area contributed by atoms with Crippen LogP contribution in [0.3, 0.4) is 0 Å². The third-order valence-electron chi connectivity index (χ3n) is 5.45. The predicted octanol–water partition coefficient (Wildman–Crippen LogP) is 2.31. The number of sulfonamides is 1. The van der Waals surface area contributed by atoms with Crippen LogP contribution >= 0.6 is 0 Å². The third-order valence-corrected chi connectivity index (χ3v) is 7.33. The van der Waals surface area contributed by atoms with E-state index < -0.39 is 10.0 Å². The lowest BCUT2D eigenvalue weighted by molar-refractivity contribution is 0.0730. The first kappa shape index (κ1) is 20.3. The summed E-state index contributed by atoms with van der Waals surface area (Å²) in [5.41, 5.74) is 2.51. The Kier molecular flexibility index (Phi) is 6.44. The monoisotopic (exact) mass is 416 g/mol. The fourth-order valence-corrected chi connectivity index (χ4v) is 5.08. The van der Waals surface area contributed by atoms with Crippen molar-refractivity contribution in [2.45, 2.75) is 30.8 Å². The summed E-state index contributed by atoms with van der Waals surface area (Å²) in [5.74, 6) is 0.659. The van der Waals surface area contributed by atoms with Crippen LogP contribution < -0.4 is 5.32 Å². The van der Waals surface area contributed by atoms with Gasteiger partial charge >= 0.3 is 0 Å². The zero-order valence-electron chi connectivity index (χ0n) is 16.6. The van der Waals surface area contributed by atoms with Crippen molar-refractivity contribution >= 4 is 15.8 Å². The second-order valence-corrected chi connectivity index (χ2v) is 9.49. The number of hydrogen-bond donors (Lipinski definition) is 1. The van der Waals surface area contributed by atoms with Crippen molar-refractivity contribution in [3.8, 4) is 0 Å². The molecule has 4 rings (SSSR count). The summed E-state index contributed by atoms with van der Waals surface area (Å²) in [5, 5.41) is 3.26. The summed E-state index contributed by atoms with van der Waals surface area (Å²) in [7, 11) is -3.50. The van der Waals surface area contributed by atoms with Gasteiger partial charge in [0.05, 0.1) is 13.2 Å². The number of nitrogens with zero attached hydrogens (tertiary/aromatic N) is 3. The maximum absolute atomic E-state index is 12.6. The van der Waals surface area contributed by atoms with Crippen LogP contribution in [0.5, 0.6) is 0 Å². The summed E-state index contributed by atoms with van der Waals surface area (Å²) in [6.07, 6.45) is 4.04. The van der Waals surface area contributed by atoms with Gasteiger partial charge in [-0.1, -0.05) is 24.3 Å². The van der Waals surface area contributed by atoms with Crippen LogP contribution in [-0.4, -0.2) is 62.0 Å².